The summed E-state index contributed by atoms with van der Waals surface area (Å²) in [4.78, 5) is 44.0. The first-order chi connectivity index (χ1) is 10.1. The maximum atomic E-state index is 12.4. The van der Waals surface area contributed by atoms with E-state index in [0.717, 1.165) is 0 Å². The van der Waals surface area contributed by atoms with Crippen LogP contribution in [0.1, 0.15) is 0 Å². The lowest BCUT2D eigenvalue weighted by Gasteiger charge is -2.01. The minimum absolute atomic E-state index is 0.0763. The molecule has 0 aliphatic carbocycles. The number of pyridine rings is 1. The quantitative estimate of drug-likeness (QED) is 0.465. The standard InChI is InChI=1S/C14H7N3O4/c18-10-6-3-1-2-4-9(6)21-13-7(10)5-8-11(15-13)16-14(20)17-12(8)19/h1-5H,(H2,15,16,17,19,20). The van der Waals surface area contributed by atoms with Gasteiger partial charge in [0.25, 0.3) is 5.56 Å². The lowest BCUT2D eigenvalue weighted by molar-refractivity contribution is 0.646. The Hall–Kier alpha value is -3.22. The van der Waals surface area contributed by atoms with Gasteiger partial charge in [0.05, 0.1) is 16.2 Å². The van der Waals surface area contributed by atoms with E-state index >= 15 is 0 Å². The summed E-state index contributed by atoms with van der Waals surface area (Å²) in [6, 6.07) is 8.14. The number of nitrogens with zero attached hydrogens (tertiary/aromatic N) is 1. The van der Waals surface area contributed by atoms with Gasteiger partial charge in [-0.05, 0) is 18.2 Å². The Morgan fingerprint density at radius 2 is 1.76 bits per heavy atom. The third-order valence-corrected chi connectivity index (χ3v) is 3.27. The van der Waals surface area contributed by atoms with Gasteiger partial charge < -0.3 is 4.42 Å². The Kier molecular flexibility index (Phi) is 2.15. The number of para-hydroxylation sites is 1. The van der Waals surface area contributed by atoms with Crippen molar-refractivity contribution in [1.29, 1.82) is 0 Å². The SMILES string of the molecule is O=c1[nH]c(=O)c2cc3c(=O)c4ccccc4oc3nc2[nH]1. The second kappa shape index (κ2) is 3.89. The molecule has 0 spiro atoms. The summed E-state index contributed by atoms with van der Waals surface area (Å²) in [6.07, 6.45) is 0. The highest BCUT2D eigenvalue weighted by Crippen LogP contribution is 2.18. The summed E-state index contributed by atoms with van der Waals surface area (Å²) in [7, 11) is 0. The maximum Gasteiger partial charge on any atom is 0.327 e. The predicted molar refractivity (Wildman–Crippen MR) is 76.5 cm³/mol. The fourth-order valence-electron chi connectivity index (χ4n) is 2.31. The van der Waals surface area contributed by atoms with Crippen LogP contribution in [0, 0.1) is 0 Å². The lowest BCUT2D eigenvalue weighted by Crippen LogP contribution is -2.22. The topological polar surface area (TPSA) is 109 Å². The molecular formula is C14H7N3O4. The van der Waals surface area contributed by atoms with Gasteiger partial charge in [-0.2, -0.15) is 4.98 Å². The van der Waals surface area contributed by atoms with Gasteiger partial charge in [0.1, 0.15) is 5.58 Å². The van der Waals surface area contributed by atoms with Crippen molar-refractivity contribution in [2.24, 2.45) is 0 Å². The van der Waals surface area contributed by atoms with E-state index in [1.807, 2.05) is 0 Å². The molecule has 4 rings (SSSR count). The van der Waals surface area contributed by atoms with E-state index in [4.69, 9.17) is 4.42 Å². The normalized spacial score (nSPS) is 11.4. The van der Waals surface area contributed by atoms with Crippen molar-refractivity contribution in [3.05, 3.63) is 61.4 Å². The summed E-state index contributed by atoms with van der Waals surface area (Å²) in [5, 5.41) is 0.732. The van der Waals surface area contributed by atoms with Gasteiger partial charge in [-0.25, -0.2) is 4.79 Å². The summed E-state index contributed by atoms with van der Waals surface area (Å²) < 4.78 is 5.57. The zero-order valence-corrected chi connectivity index (χ0v) is 10.5. The Balaban J connectivity index is 2.32. The molecule has 7 heteroatoms. The molecule has 0 radical (unpaired) electrons. The third kappa shape index (κ3) is 1.61. The summed E-state index contributed by atoms with van der Waals surface area (Å²) in [5.41, 5.74) is -0.985. The van der Waals surface area contributed by atoms with Crippen LogP contribution in [-0.2, 0) is 0 Å². The van der Waals surface area contributed by atoms with Crippen LogP contribution in [0.4, 0.5) is 0 Å². The fourth-order valence-corrected chi connectivity index (χ4v) is 2.31. The molecule has 4 aromatic rings. The van der Waals surface area contributed by atoms with Crippen LogP contribution in [0.15, 0.2) is 49.1 Å². The summed E-state index contributed by atoms with van der Waals surface area (Å²) in [5.74, 6) is 0. The van der Waals surface area contributed by atoms with Crippen molar-refractivity contribution < 1.29 is 4.42 Å². The van der Waals surface area contributed by atoms with Crippen molar-refractivity contribution in [2.75, 3.05) is 0 Å². The Labute approximate surface area is 114 Å². The number of rotatable bonds is 0. The number of aromatic nitrogens is 3. The van der Waals surface area contributed by atoms with E-state index in [-0.39, 0.29) is 27.6 Å². The zero-order chi connectivity index (χ0) is 14.6. The summed E-state index contributed by atoms with van der Waals surface area (Å²) in [6.45, 7) is 0. The third-order valence-electron chi connectivity index (χ3n) is 3.27. The molecule has 0 aliphatic heterocycles. The minimum Gasteiger partial charge on any atom is -0.437 e. The first kappa shape index (κ1) is 11.6. The van der Waals surface area contributed by atoms with Gasteiger partial charge in [-0.1, -0.05) is 12.1 Å². The lowest BCUT2D eigenvalue weighted by atomic mass is 10.1. The molecule has 0 bridgehead atoms. The van der Waals surface area contributed by atoms with E-state index in [0.29, 0.717) is 11.0 Å². The molecular weight excluding hydrogens is 274 g/mol. The van der Waals surface area contributed by atoms with Crippen LogP contribution in [0.3, 0.4) is 0 Å². The number of fused-ring (bicyclic) bond motifs is 3. The van der Waals surface area contributed by atoms with Crippen LogP contribution < -0.4 is 16.7 Å². The number of nitrogens with one attached hydrogen (secondary N) is 2. The van der Waals surface area contributed by atoms with Gasteiger partial charge >= 0.3 is 5.69 Å². The van der Waals surface area contributed by atoms with Crippen LogP contribution in [0.25, 0.3) is 33.1 Å². The van der Waals surface area contributed by atoms with Gasteiger partial charge in [-0.3, -0.25) is 19.6 Å². The molecule has 0 saturated heterocycles. The molecule has 0 amide bonds. The van der Waals surface area contributed by atoms with E-state index < -0.39 is 11.2 Å². The Morgan fingerprint density at radius 3 is 2.62 bits per heavy atom. The Bertz CT molecular complexity index is 1200. The molecule has 21 heavy (non-hydrogen) atoms. The second-order valence-electron chi connectivity index (χ2n) is 4.57. The van der Waals surface area contributed by atoms with Crippen molar-refractivity contribution in [1.82, 2.24) is 15.0 Å². The molecule has 0 unspecified atom stereocenters. The number of hydrogen-bond acceptors (Lipinski definition) is 5. The van der Waals surface area contributed by atoms with Crippen molar-refractivity contribution >= 4 is 33.1 Å². The zero-order valence-electron chi connectivity index (χ0n) is 10.5. The monoisotopic (exact) mass is 281 g/mol. The van der Waals surface area contributed by atoms with E-state index in [1.165, 1.54) is 6.07 Å². The molecule has 0 fully saturated rings. The van der Waals surface area contributed by atoms with Gasteiger partial charge in [-0.15, -0.1) is 0 Å². The van der Waals surface area contributed by atoms with E-state index in [9.17, 15) is 14.4 Å². The minimum atomic E-state index is -0.664. The van der Waals surface area contributed by atoms with Gasteiger partial charge in [0.15, 0.2) is 5.65 Å². The molecule has 1 aromatic carbocycles. The Morgan fingerprint density at radius 1 is 0.952 bits per heavy atom. The molecule has 7 nitrogen and oxygen atoms in total. The highest BCUT2D eigenvalue weighted by atomic mass is 16.3. The number of aromatic amines is 2. The van der Waals surface area contributed by atoms with E-state index in [1.54, 1.807) is 24.3 Å². The summed E-state index contributed by atoms with van der Waals surface area (Å²) >= 11 is 0. The molecule has 0 aliphatic rings. The smallest absolute Gasteiger partial charge is 0.327 e. The van der Waals surface area contributed by atoms with Crippen molar-refractivity contribution in [3.63, 3.8) is 0 Å². The molecule has 3 aromatic heterocycles. The largest absolute Gasteiger partial charge is 0.437 e. The van der Waals surface area contributed by atoms with E-state index in [2.05, 4.69) is 15.0 Å². The molecule has 0 atom stereocenters. The van der Waals surface area contributed by atoms with Gasteiger partial charge in [0, 0.05) is 0 Å². The van der Waals surface area contributed by atoms with Crippen LogP contribution >= 0.6 is 0 Å². The second-order valence-corrected chi connectivity index (χ2v) is 4.57. The van der Waals surface area contributed by atoms with Crippen molar-refractivity contribution in [2.45, 2.75) is 0 Å². The number of benzene rings is 1. The molecule has 2 N–H and O–H groups in total. The first-order valence-corrected chi connectivity index (χ1v) is 6.12. The van der Waals surface area contributed by atoms with Gasteiger partial charge in [0.2, 0.25) is 11.1 Å². The average molecular weight is 281 g/mol. The van der Waals surface area contributed by atoms with Crippen LogP contribution in [0.2, 0.25) is 0 Å². The first-order valence-electron chi connectivity index (χ1n) is 6.12. The van der Waals surface area contributed by atoms with Crippen LogP contribution in [0.5, 0.6) is 0 Å². The number of hydrogen-bond donors (Lipinski definition) is 2. The highest BCUT2D eigenvalue weighted by Gasteiger charge is 2.11. The highest BCUT2D eigenvalue weighted by molar-refractivity contribution is 5.93. The molecule has 102 valence electrons. The predicted octanol–water partition coefficient (Wildman–Crippen LogP) is 0.871. The maximum absolute atomic E-state index is 12.4. The van der Waals surface area contributed by atoms with Crippen LogP contribution in [-0.4, -0.2) is 15.0 Å². The van der Waals surface area contributed by atoms with Crippen molar-refractivity contribution in [3.8, 4) is 0 Å². The number of H-pyrrole nitrogens is 2. The molecule has 0 saturated carbocycles. The average Bonchev–Trinajstić information content (AvgIpc) is 2.46. The fraction of sp³-hybridized carbons (Fsp3) is 0. The molecule has 3 heterocycles.